The summed E-state index contributed by atoms with van der Waals surface area (Å²) in [6.45, 7) is 0.924. The summed E-state index contributed by atoms with van der Waals surface area (Å²) < 4.78 is 10.5. The summed E-state index contributed by atoms with van der Waals surface area (Å²) in [4.78, 5) is 22.4. The van der Waals surface area contributed by atoms with Gasteiger partial charge in [0, 0.05) is 13.0 Å². The van der Waals surface area contributed by atoms with Gasteiger partial charge in [0.2, 0.25) is 11.8 Å². The average molecular weight is 262 g/mol. The zero-order chi connectivity index (χ0) is 13.2. The van der Waals surface area contributed by atoms with E-state index in [-0.39, 0.29) is 5.91 Å². The molecule has 100 valence electrons. The number of nitrogens with zero attached hydrogens (tertiary/aromatic N) is 3. The molecule has 1 aliphatic heterocycles. The minimum atomic E-state index is -0.505. The summed E-state index contributed by atoms with van der Waals surface area (Å²) in [6, 6.07) is -0.505. The minimum Gasteiger partial charge on any atom is -0.447 e. The molecule has 0 aliphatic carbocycles. The van der Waals surface area contributed by atoms with E-state index in [1.807, 2.05) is 0 Å². The summed E-state index contributed by atoms with van der Waals surface area (Å²) in [6.07, 6.45) is 5.11. The molecule has 3 rings (SSSR count). The van der Waals surface area contributed by atoms with Crippen LogP contribution in [0.15, 0.2) is 27.7 Å². The zero-order valence-corrected chi connectivity index (χ0v) is 10.5. The molecule has 1 unspecified atom stereocenters. The molecule has 7 nitrogen and oxygen atoms in total. The van der Waals surface area contributed by atoms with Gasteiger partial charge < -0.3 is 19.1 Å². The number of hydrogen-bond acceptors (Lipinski definition) is 6. The van der Waals surface area contributed by atoms with Crippen LogP contribution in [-0.2, 0) is 17.8 Å². The molecule has 1 atom stereocenters. The first-order valence-corrected chi connectivity index (χ1v) is 6.06. The van der Waals surface area contributed by atoms with E-state index in [1.165, 1.54) is 12.7 Å². The lowest BCUT2D eigenvalue weighted by molar-refractivity contribution is -0.134. The van der Waals surface area contributed by atoms with Crippen LogP contribution in [0.3, 0.4) is 0 Å². The first-order chi connectivity index (χ1) is 9.29. The van der Waals surface area contributed by atoms with Crippen LogP contribution in [0.25, 0.3) is 0 Å². The van der Waals surface area contributed by atoms with Crippen molar-refractivity contribution in [3.05, 3.63) is 36.2 Å². The van der Waals surface area contributed by atoms with Gasteiger partial charge in [0.15, 0.2) is 12.2 Å². The highest BCUT2D eigenvalue weighted by molar-refractivity contribution is 5.83. The topological polar surface area (TPSA) is 84.4 Å². The molecular weight excluding hydrogens is 248 g/mol. The highest BCUT2D eigenvalue weighted by Gasteiger charge is 2.33. The van der Waals surface area contributed by atoms with Crippen molar-refractivity contribution in [2.24, 2.45) is 0 Å². The SMILES string of the molecule is CNC1C(=O)N(Cc2ncco2)CCc2ncoc21. The van der Waals surface area contributed by atoms with E-state index >= 15 is 0 Å². The van der Waals surface area contributed by atoms with E-state index < -0.39 is 6.04 Å². The number of oxazole rings is 2. The molecule has 0 spiro atoms. The van der Waals surface area contributed by atoms with Gasteiger partial charge in [-0.1, -0.05) is 0 Å². The molecule has 3 heterocycles. The maximum absolute atomic E-state index is 12.5. The monoisotopic (exact) mass is 262 g/mol. The maximum atomic E-state index is 12.5. The van der Waals surface area contributed by atoms with Gasteiger partial charge in [0.1, 0.15) is 12.3 Å². The molecule has 19 heavy (non-hydrogen) atoms. The van der Waals surface area contributed by atoms with E-state index in [0.717, 1.165) is 5.69 Å². The van der Waals surface area contributed by atoms with Crippen molar-refractivity contribution in [2.45, 2.75) is 19.0 Å². The van der Waals surface area contributed by atoms with Gasteiger partial charge in [-0.05, 0) is 7.05 Å². The van der Waals surface area contributed by atoms with Crippen LogP contribution in [-0.4, -0.2) is 34.4 Å². The van der Waals surface area contributed by atoms with Crippen LogP contribution in [0.4, 0.5) is 0 Å². The Bertz CT molecular complexity index is 563. The lowest BCUT2D eigenvalue weighted by Crippen LogP contribution is -2.38. The smallest absolute Gasteiger partial charge is 0.248 e. The Hall–Kier alpha value is -2.15. The molecule has 1 aliphatic rings. The largest absolute Gasteiger partial charge is 0.447 e. The standard InChI is InChI=1S/C12H14N4O3/c1-13-10-11-8(15-7-19-11)2-4-16(12(10)17)6-9-14-3-5-18-9/h3,5,7,10,13H,2,4,6H2,1H3. The Balaban J connectivity index is 1.85. The molecular formula is C12H14N4O3. The van der Waals surface area contributed by atoms with Crippen molar-refractivity contribution in [3.63, 3.8) is 0 Å². The number of rotatable bonds is 3. The van der Waals surface area contributed by atoms with Crippen molar-refractivity contribution < 1.29 is 13.6 Å². The predicted molar refractivity (Wildman–Crippen MR) is 63.9 cm³/mol. The van der Waals surface area contributed by atoms with Gasteiger partial charge in [0.25, 0.3) is 0 Å². The highest BCUT2D eigenvalue weighted by atomic mass is 16.3. The van der Waals surface area contributed by atoms with Crippen LogP contribution >= 0.6 is 0 Å². The first-order valence-electron chi connectivity index (χ1n) is 6.06. The number of nitrogens with one attached hydrogen (secondary N) is 1. The van der Waals surface area contributed by atoms with E-state index in [9.17, 15) is 4.79 Å². The van der Waals surface area contributed by atoms with Gasteiger partial charge >= 0.3 is 0 Å². The van der Waals surface area contributed by atoms with Gasteiger partial charge in [-0.15, -0.1) is 0 Å². The van der Waals surface area contributed by atoms with Gasteiger partial charge in [-0.2, -0.15) is 0 Å². The second-order valence-corrected chi connectivity index (χ2v) is 4.32. The van der Waals surface area contributed by atoms with Crippen molar-refractivity contribution in [3.8, 4) is 0 Å². The molecule has 0 saturated carbocycles. The Morgan fingerprint density at radius 3 is 3.11 bits per heavy atom. The average Bonchev–Trinajstić information content (AvgIpc) is 3.04. The highest BCUT2D eigenvalue weighted by Crippen LogP contribution is 2.24. The first kappa shape index (κ1) is 11.9. The number of fused-ring (bicyclic) bond motifs is 1. The summed E-state index contributed by atoms with van der Waals surface area (Å²) >= 11 is 0. The summed E-state index contributed by atoms with van der Waals surface area (Å²) in [5.41, 5.74) is 0.822. The Labute approximate surface area is 109 Å². The lowest BCUT2D eigenvalue weighted by atomic mass is 10.1. The lowest BCUT2D eigenvalue weighted by Gasteiger charge is -2.22. The van der Waals surface area contributed by atoms with E-state index in [0.29, 0.717) is 31.2 Å². The quantitative estimate of drug-likeness (QED) is 0.867. The van der Waals surface area contributed by atoms with Crippen LogP contribution in [0.5, 0.6) is 0 Å². The van der Waals surface area contributed by atoms with E-state index in [4.69, 9.17) is 8.83 Å². The minimum absolute atomic E-state index is 0.0591. The van der Waals surface area contributed by atoms with Crippen molar-refractivity contribution in [1.82, 2.24) is 20.2 Å². The third-order valence-corrected chi connectivity index (χ3v) is 3.21. The summed E-state index contributed by atoms with van der Waals surface area (Å²) in [5.74, 6) is 1.06. The Kier molecular flexibility index (Phi) is 3.04. The fourth-order valence-electron chi connectivity index (χ4n) is 2.25. The van der Waals surface area contributed by atoms with Crippen LogP contribution in [0.1, 0.15) is 23.4 Å². The second-order valence-electron chi connectivity index (χ2n) is 4.32. The molecule has 2 aromatic rings. The van der Waals surface area contributed by atoms with Crippen LogP contribution in [0.2, 0.25) is 0 Å². The summed E-state index contributed by atoms with van der Waals surface area (Å²) in [5, 5.41) is 2.97. The van der Waals surface area contributed by atoms with Gasteiger partial charge in [-0.3, -0.25) is 4.79 Å². The molecule has 0 radical (unpaired) electrons. The zero-order valence-electron chi connectivity index (χ0n) is 10.5. The van der Waals surface area contributed by atoms with Crippen molar-refractivity contribution in [1.29, 1.82) is 0 Å². The van der Waals surface area contributed by atoms with Crippen molar-refractivity contribution in [2.75, 3.05) is 13.6 Å². The number of amides is 1. The van der Waals surface area contributed by atoms with Crippen LogP contribution < -0.4 is 5.32 Å². The molecule has 0 saturated heterocycles. The number of aromatic nitrogens is 2. The summed E-state index contributed by atoms with van der Waals surface area (Å²) in [7, 11) is 1.73. The number of carbonyl (C=O) groups excluding carboxylic acids is 1. The fourth-order valence-corrected chi connectivity index (χ4v) is 2.25. The third kappa shape index (κ3) is 2.12. The normalized spacial score (nSPS) is 19.3. The molecule has 1 amide bonds. The third-order valence-electron chi connectivity index (χ3n) is 3.21. The Morgan fingerprint density at radius 1 is 1.47 bits per heavy atom. The van der Waals surface area contributed by atoms with Gasteiger partial charge in [0.05, 0.1) is 18.4 Å². The predicted octanol–water partition coefficient (Wildman–Crippen LogP) is 0.508. The number of carbonyl (C=O) groups is 1. The molecule has 7 heteroatoms. The van der Waals surface area contributed by atoms with E-state index in [2.05, 4.69) is 15.3 Å². The van der Waals surface area contributed by atoms with Crippen LogP contribution in [0, 0.1) is 0 Å². The fraction of sp³-hybridized carbons (Fsp3) is 0.417. The molecule has 2 aromatic heterocycles. The molecule has 0 fully saturated rings. The molecule has 0 bridgehead atoms. The maximum Gasteiger partial charge on any atom is 0.248 e. The van der Waals surface area contributed by atoms with Crippen molar-refractivity contribution >= 4 is 5.91 Å². The number of hydrogen-bond donors (Lipinski definition) is 1. The molecule has 1 N–H and O–H groups in total. The van der Waals surface area contributed by atoms with E-state index in [1.54, 1.807) is 18.1 Å². The molecule has 0 aromatic carbocycles. The Morgan fingerprint density at radius 2 is 2.37 bits per heavy atom. The second kappa shape index (κ2) is 4.85. The number of likely N-dealkylation sites (N-methyl/N-ethyl adjacent to an activating group) is 1. The van der Waals surface area contributed by atoms with Gasteiger partial charge in [-0.25, -0.2) is 9.97 Å².